The molecule has 3 rings (SSSR count). The van der Waals surface area contributed by atoms with Gasteiger partial charge in [-0.25, -0.2) is 8.42 Å². The number of aromatic nitrogens is 2. The van der Waals surface area contributed by atoms with E-state index in [9.17, 15) is 8.42 Å². The van der Waals surface area contributed by atoms with E-state index in [0.29, 0.717) is 29.9 Å². The fourth-order valence-electron chi connectivity index (χ4n) is 2.39. The van der Waals surface area contributed by atoms with E-state index in [2.05, 4.69) is 10.1 Å². The standard InChI is InChI=1S/C13H15N3O3S/c14-10-5-3-4-9(8-10)12-15-13(19-16-12)11-6-1-2-7-20(11,17)18/h3-5,8,11H,1-2,6-7,14H2. The molecule has 2 N–H and O–H groups in total. The van der Waals surface area contributed by atoms with Gasteiger partial charge in [0.1, 0.15) is 5.25 Å². The predicted octanol–water partition coefficient (Wildman–Crippen LogP) is 1.96. The van der Waals surface area contributed by atoms with Crippen LogP contribution in [-0.2, 0) is 9.84 Å². The first-order valence-corrected chi connectivity index (χ1v) is 8.19. The highest BCUT2D eigenvalue weighted by Crippen LogP contribution is 2.33. The van der Waals surface area contributed by atoms with E-state index in [1.807, 2.05) is 0 Å². The molecule has 1 aromatic heterocycles. The van der Waals surface area contributed by atoms with Crippen LogP contribution in [0.25, 0.3) is 11.4 Å². The number of nitrogens with two attached hydrogens (primary N) is 1. The molecule has 1 aliphatic heterocycles. The van der Waals surface area contributed by atoms with Gasteiger partial charge in [-0.3, -0.25) is 0 Å². The Bertz CT molecular complexity index is 724. The van der Waals surface area contributed by atoms with Gasteiger partial charge in [-0.05, 0) is 25.0 Å². The lowest BCUT2D eigenvalue weighted by molar-refractivity contribution is 0.364. The van der Waals surface area contributed by atoms with E-state index >= 15 is 0 Å². The van der Waals surface area contributed by atoms with Crippen molar-refractivity contribution in [1.29, 1.82) is 0 Å². The van der Waals surface area contributed by atoms with Gasteiger partial charge in [0.05, 0.1) is 5.75 Å². The minimum absolute atomic E-state index is 0.183. The molecule has 1 fully saturated rings. The Labute approximate surface area is 116 Å². The zero-order valence-corrected chi connectivity index (χ0v) is 11.6. The molecule has 106 valence electrons. The molecule has 2 aromatic rings. The van der Waals surface area contributed by atoms with E-state index in [4.69, 9.17) is 10.3 Å². The maximum atomic E-state index is 12.0. The summed E-state index contributed by atoms with van der Waals surface area (Å²) in [6.07, 6.45) is 2.11. The molecule has 1 saturated heterocycles. The largest absolute Gasteiger partial charge is 0.399 e. The van der Waals surface area contributed by atoms with Gasteiger partial charge in [0, 0.05) is 11.3 Å². The summed E-state index contributed by atoms with van der Waals surface area (Å²) < 4.78 is 29.2. The summed E-state index contributed by atoms with van der Waals surface area (Å²) in [5.74, 6) is 0.739. The first kappa shape index (κ1) is 13.1. The van der Waals surface area contributed by atoms with Crippen LogP contribution >= 0.6 is 0 Å². The normalized spacial score (nSPS) is 21.7. The molecule has 6 nitrogen and oxygen atoms in total. The Balaban J connectivity index is 1.94. The predicted molar refractivity (Wildman–Crippen MR) is 74.5 cm³/mol. The van der Waals surface area contributed by atoms with Crippen LogP contribution in [0.4, 0.5) is 5.69 Å². The zero-order chi connectivity index (χ0) is 14.2. The molecule has 0 aliphatic carbocycles. The summed E-state index contributed by atoms with van der Waals surface area (Å²) in [7, 11) is -3.17. The minimum atomic E-state index is -3.17. The van der Waals surface area contributed by atoms with Crippen molar-refractivity contribution in [3.05, 3.63) is 30.2 Å². The number of sulfone groups is 1. The number of nitrogens with zero attached hydrogens (tertiary/aromatic N) is 2. The Morgan fingerprint density at radius 2 is 2.15 bits per heavy atom. The molecule has 1 aromatic carbocycles. The van der Waals surface area contributed by atoms with Crippen LogP contribution in [0, 0.1) is 0 Å². The van der Waals surface area contributed by atoms with Crippen LogP contribution in [-0.4, -0.2) is 24.3 Å². The average molecular weight is 293 g/mol. The molecule has 1 aliphatic rings. The summed E-state index contributed by atoms with van der Waals surface area (Å²) in [5, 5.41) is 3.19. The molecular weight excluding hydrogens is 278 g/mol. The van der Waals surface area contributed by atoms with E-state index in [1.54, 1.807) is 24.3 Å². The number of rotatable bonds is 2. The highest BCUT2D eigenvalue weighted by Gasteiger charge is 2.34. The lowest BCUT2D eigenvalue weighted by Crippen LogP contribution is -2.21. The Morgan fingerprint density at radius 3 is 2.90 bits per heavy atom. The summed E-state index contributed by atoms with van der Waals surface area (Å²) in [6.45, 7) is 0. The first-order chi connectivity index (χ1) is 9.56. The summed E-state index contributed by atoms with van der Waals surface area (Å²) >= 11 is 0. The van der Waals surface area contributed by atoms with Crippen molar-refractivity contribution in [2.45, 2.75) is 24.5 Å². The van der Waals surface area contributed by atoms with Crippen molar-refractivity contribution >= 4 is 15.5 Å². The van der Waals surface area contributed by atoms with Gasteiger partial charge in [-0.1, -0.05) is 23.7 Å². The topological polar surface area (TPSA) is 99.1 Å². The van der Waals surface area contributed by atoms with Crippen molar-refractivity contribution < 1.29 is 12.9 Å². The average Bonchev–Trinajstić information content (AvgIpc) is 2.87. The molecule has 20 heavy (non-hydrogen) atoms. The first-order valence-electron chi connectivity index (χ1n) is 6.47. The Kier molecular flexibility index (Phi) is 3.21. The van der Waals surface area contributed by atoms with E-state index < -0.39 is 15.1 Å². The monoisotopic (exact) mass is 293 g/mol. The number of anilines is 1. The highest BCUT2D eigenvalue weighted by atomic mass is 32.2. The maximum absolute atomic E-state index is 12.0. The van der Waals surface area contributed by atoms with Crippen molar-refractivity contribution in [3.8, 4) is 11.4 Å². The van der Waals surface area contributed by atoms with Crippen molar-refractivity contribution in [1.82, 2.24) is 10.1 Å². The SMILES string of the molecule is Nc1cccc(-c2noc(C3CCCCS3(=O)=O)n2)c1. The molecule has 0 bridgehead atoms. The smallest absolute Gasteiger partial charge is 0.245 e. The van der Waals surface area contributed by atoms with Crippen molar-refractivity contribution in [2.24, 2.45) is 0 Å². The molecule has 2 heterocycles. The second-order valence-corrected chi connectivity index (χ2v) is 7.24. The quantitative estimate of drug-likeness (QED) is 0.850. The van der Waals surface area contributed by atoms with Gasteiger partial charge >= 0.3 is 0 Å². The van der Waals surface area contributed by atoms with Crippen LogP contribution in [0.5, 0.6) is 0 Å². The van der Waals surface area contributed by atoms with Crippen LogP contribution in [0.15, 0.2) is 28.8 Å². The third kappa shape index (κ3) is 2.40. The molecule has 1 unspecified atom stereocenters. The van der Waals surface area contributed by atoms with Crippen LogP contribution in [0.2, 0.25) is 0 Å². The second-order valence-electron chi connectivity index (χ2n) is 4.93. The van der Waals surface area contributed by atoms with Crippen molar-refractivity contribution in [3.63, 3.8) is 0 Å². The minimum Gasteiger partial charge on any atom is -0.399 e. The van der Waals surface area contributed by atoms with Gasteiger partial charge < -0.3 is 10.3 Å². The Hall–Kier alpha value is -1.89. The third-order valence-electron chi connectivity index (χ3n) is 3.44. The Morgan fingerprint density at radius 1 is 1.30 bits per heavy atom. The van der Waals surface area contributed by atoms with Crippen LogP contribution in [0.3, 0.4) is 0 Å². The lowest BCUT2D eigenvalue weighted by atomic mass is 10.2. The summed E-state index contributed by atoms with van der Waals surface area (Å²) in [6, 6.07) is 7.08. The number of benzene rings is 1. The highest BCUT2D eigenvalue weighted by molar-refractivity contribution is 7.91. The van der Waals surface area contributed by atoms with Gasteiger partial charge in [-0.2, -0.15) is 4.98 Å². The molecule has 0 spiro atoms. The fraction of sp³-hybridized carbons (Fsp3) is 0.385. The number of hydrogen-bond acceptors (Lipinski definition) is 6. The summed E-state index contributed by atoms with van der Waals surface area (Å²) in [5.41, 5.74) is 7.02. The third-order valence-corrected chi connectivity index (χ3v) is 5.60. The van der Waals surface area contributed by atoms with Gasteiger partial charge in [0.15, 0.2) is 9.84 Å². The molecule has 0 amide bonds. The number of hydrogen-bond donors (Lipinski definition) is 1. The van der Waals surface area contributed by atoms with Gasteiger partial charge in [0.2, 0.25) is 11.7 Å². The lowest BCUT2D eigenvalue weighted by Gasteiger charge is -2.18. The van der Waals surface area contributed by atoms with E-state index in [-0.39, 0.29) is 11.6 Å². The molecule has 7 heteroatoms. The van der Waals surface area contributed by atoms with Gasteiger partial charge in [-0.15, -0.1) is 0 Å². The second kappa shape index (κ2) is 4.90. The zero-order valence-electron chi connectivity index (χ0n) is 10.8. The number of nitrogen functional groups attached to an aromatic ring is 1. The maximum Gasteiger partial charge on any atom is 0.245 e. The molecule has 0 radical (unpaired) electrons. The van der Waals surface area contributed by atoms with E-state index in [0.717, 1.165) is 6.42 Å². The van der Waals surface area contributed by atoms with Crippen molar-refractivity contribution in [2.75, 3.05) is 11.5 Å². The molecule has 1 atom stereocenters. The fourth-order valence-corrected chi connectivity index (χ4v) is 4.21. The molecular formula is C13H15N3O3S. The van der Waals surface area contributed by atoms with Crippen LogP contribution < -0.4 is 5.73 Å². The molecule has 0 saturated carbocycles. The van der Waals surface area contributed by atoms with E-state index in [1.165, 1.54) is 0 Å². The van der Waals surface area contributed by atoms with Gasteiger partial charge in [0.25, 0.3) is 0 Å². The summed E-state index contributed by atoms with van der Waals surface area (Å²) in [4.78, 5) is 4.23. The van der Waals surface area contributed by atoms with Crippen LogP contribution in [0.1, 0.15) is 30.4 Å².